The molecule has 1 heterocycles. The first-order chi connectivity index (χ1) is 9.66. The fraction of sp³-hybridized carbons (Fsp3) is 0.625. The van der Waals surface area contributed by atoms with Crippen molar-refractivity contribution in [2.75, 3.05) is 26.2 Å². The molecular formula is C16H25Cl2FN2O. The molecule has 0 amide bonds. The van der Waals surface area contributed by atoms with Gasteiger partial charge in [0.15, 0.2) is 11.6 Å². The highest BCUT2D eigenvalue weighted by Gasteiger charge is 2.32. The van der Waals surface area contributed by atoms with Crippen LogP contribution in [0.15, 0.2) is 12.1 Å². The summed E-state index contributed by atoms with van der Waals surface area (Å²) in [5, 5.41) is 13.5. The maximum Gasteiger partial charge on any atom is 0.168 e. The van der Waals surface area contributed by atoms with Gasteiger partial charge in [0, 0.05) is 37.8 Å². The van der Waals surface area contributed by atoms with Crippen molar-refractivity contribution < 1.29 is 9.50 Å². The Morgan fingerprint density at radius 3 is 2.50 bits per heavy atom. The van der Waals surface area contributed by atoms with Gasteiger partial charge in [0.2, 0.25) is 0 Å². The number of phenols is 1. The molecule has 1 aromatic rings. The van der Waals surface area contributed by atoms with Crippen LogP contribution >= 0.6 is 24.8 Å². The Balaban J connectivity index is 0.00000121. The second-order valence-corrected chi connectivity index (χ2v) is 6.12. The Morgan fingerprint density at radius 2 is 1.91 bits per heavy atom. The highest BCUT2D eigenvalue weighted by molar-refractivity contribution is 5.85. The third kappa shape index (κ3) is 4.25. The van der Waals surface area contributed by atoms with Gasteiger partial charge >= 0.3 is 0 Å². The molecular weight excluding hydrogens is 326 g/mol. The minimum absolute atomic E-state index is 0. The van der Waals surface area contributed by atoms with Gasteiger partial charge in [0.25, 0.3) is 0 Å². The van der Waals surface area contributed by atoms with Gasteiger partial charge in [-0.25, -0.2) is 4.39 Å². The average molecular weight is 351 g/mol. The highest BCUT2D eigenvalue weighted by atomic mass is 35.5. The Kier molecular flexibility index (Phi) is 7.39. The molecule has 1 aromatic carbocycles. The van der Waals surface area contributed by atoms with E-state index in [1.54, 1.807) is 13.0 Å². The van der Waals surface area contributed by atoms with Gasteiger partial charge in [-0.3, -0.25) is 4.90 Å². The first kappa shape index (κ1) is 19.5. The molecule has 1 aliphatic heterocycles. The number of piperazine rings is 1. The zero-order valence-electron chi connectivity index (χ0n) is 12.8. The fourth-order valence-corrected chi connectivity index (χ4v) is 3.09. The number of aromatic hydroxyl groups is 1. The third-order valence-electron chi connectivity index (χ3n) is 4.55. The highest BCUT2D eigenvalue weighted by Crippen LogP contribution is 2.43. The number of halogens is 3. The maximum absolute atomic E-state index is 14.0. The SMILES string of the molecule is Cc1ccc([C@H](CC2CC2)N2CCNCC2)c(O)c1F.Cl.Cl. The summed E-state index contributed by atoms with van der Waals surface area (Å²) in [6, 6.07) is 3.84. The second kappa shape index (κ2) is 8.34. The number of nitrogens with zero attached hydrogens (tertiary/aromatic N) is 1. The number of nitrogens with one attached hydrogen (secondary N) is 1. The van der Waals surface area contributed by atoms with Gasteiger partial charge in [0.05, 0.1) is 0 Å². The number of aryl methyl sites for hydroxylation is 1. The molecule has 3 nitrogen and oxygen atoms in total. The Hall–Kier alpha value is -0.550. The van der Waals surface area contributed by atoms with Crippen LogP contribution in [0.5, 0.6) is 5.75 Å². The van der Waals surface area contributed by atoms with Gasteiger partial charge in [-0.2, -0.15) is 0 Å². The first-order valence-corrected chi connectivity index (χ1v) is 7.59. The zero-order valence-corrected chi connectivity index (χ0v) is 14.5. The van der Waals surface area contributed by atoms with Crippen LogP contribution in [0.3, 0.4) is 0 Å². The summed E-state index contributed by atoms with van der Waals surface area (Å²) in [7, 11) is 0. The van der Waals surface area contributed by atoms with E-state index in [4.69, 9.17) is 0 Å². The molecule has 0 bridgehead atoms. The monoisotopic (exact) mass is 350 g/mol. The van der Waals surface area contributed by atoms with Crippen LogP contribution in [0.2, 0.25) is 0 Å². The topological polar surface area (TPSA) is 35.5 Å². The number of hydrogen-bond donors (Lipinski definition) is 2. The lowest BCUT2D eigenvalue weighted by Gasteiger charge is -2.35. The van der Waals surface area contributed by atoms with Gasteiger partial charge in [-0.1, -0.05) is 25.0 Å². The van der Waals surface area contributed by atoms with E-state index in [0.717, 1.165) is 44.1 Å². The summed E-state index contributed by atoms with van der Waals surface area (Å²) in [4.78, 5) is 2.39. The zero-order chi connectivity index (χ0) is 14.1. The van der Waals surface area contributed by atoms with E-state index in [-0.39, 0.29) is 36.6 Å². The molecule has 22 heavy (non-hydrogen) atoms. The molecule has 6 heteroatoms. The van der Waals surface area contributed by atoms with Gasteiger partial charge in [0.1, 0.15) is 0 Å². The van der Waals surface area contributed by atoms with Gasteiger partial charge in [-0.05, 0) is 24.8 Å². The van der Waals surface area contributed by atoms with Crippen LogP contribution in [0.4, 0.5) is 4.39 Å². The number of phenolic OH excluding ortho intramolecular Hbond substituents is 1. The molecule has 2 aliphatic rings. The summed E-state index contributed by atoms with van der Waals surface area (Å²) in [5.74, 6) is 0.145. The molecule has 1 saturated carbocycles. The number of benzene rings is 1. The molecule has 1 aliphatic carbocycles. The average Bonchev–Trinajstić information content (AvgIpc) is 3.28. The molecule has 0 unspecified atom stereocenters. The molecule has 1 saturated heterocycles. The second-order valence-electron chi connectivity index (χ2n) is 6.12. The van der Waals surface area contributed by atoms with Crippen LogP contribution in [-0.4, -0.2) is 36.2 Å². The molecule has 1 atom stereocenters. The van der Waals surface area contributed by atoms with Crippen molar-refractivity contribution in [1.82, 2.24) is 10.2 Å². The van der Waals surface area contributed by atoms with E-state index in [9.17, 15) is 9.50 Å². The van der Waals surface area contributed by atoms with Crippen LogP contribution in [0.25, 0.3) is 0 Å². The third-order valence-corrected chi connectivity index (χ3v) is 4.55. The standard InChI is InChI=1S/C16H23FN2O.2ClH/c1-11-2-5-13(16(20)15(11)17)14(10-12-3-4-12)19-8-6-18-7-9-19;;/h2,5,12,14,18,20H,3-4,6-10H2,1H3;2*1H/t14-;;/m0../s1. The predicted octanol–water partition coefficient (Wildman–Crippen LogP) is 3.43. The molecule has 2 N–H and O–H groups in total. The van der Waals surface area contributed by atoms with E-state index in [0.29, 0.717) is 5.56 Å². The number of rotatable bonds is 4. The van der Waals surface area contributed by atoms with E-state index in [1.165, 1.54) is 12.8 Å². The van der Waals surface area contributed by atoms with Crippen molar-refractivity contribution in [3.8, 4) is 5.75 Å². The van der Waals surface area contributed by atoms with Crippen molar-refractivity contribution in [3.63, 3.8) is 0 Å². The summed E-state index contributed by atoms with van der Waals surface area (Å²) in [5.41, 5.74) is 1.28. The summed E-state index contributed by atoms with van der Waals surface area (Å²) >= 11 is 0. The van der Waals surface area contributed by atoms with Crippen LogP contribution in [0, 0.1) is 18.7 Å². The van der Waals surface area contributed by atoms with Crippen molar-refractivity contribution in [2.45, 2.75) is 32.2 Å². The van der Waals surface area contributed by atoms with Gasteiger partial charge in [-0.15, -0.1) is 24.8 Å². The first-order valence-electron chi connectivity index (χ1n) is 7.59. The molecule has 0 spiro atoms. The lowest BCUT2D eigenvalue weighted by Crippen LogP contribution is -2.45. The maximum atomic E-state index is 14.0. The number of hydrogen-bond acceptors (Lipinski definition) is 3. The van der Waals surface area contributed by atoms with Crippen LogP contribution < -0.4 is 5.32 Å². The quantitative estimate of drug-likeness (QED) is 0.873. The van der Waals surface area contributed by atoms with Crippen molar-refractivity contribution in [2.24, 2.45) is 5.92 Å². The van der Waals surface area contributed by atoms with E-state index in [2.05, 4.69) is 10.2 Å². The van der Waals surface area contributed by atoms with Crippen molar-refractivity contribution in [3.05, 3.63) is 29.1 Å². The summed E-state index contributed by atoms with van der Waals surface area (Å²) in [6.07, 6.45) is 3.59. The Morgan fingerprint density at radius 1 is 1.27 bits per heavy atom. The van der Waals surface area contributed by atoms with E-state index >= 15 is 0 Å². The minimum atomic E-state index is -0.460. The fourth-order valence-electron chi connectivity index (χ4n) is 3.09. The van der Waals surface area contributed by atoms with Crippen LogP contribution in [-0.2, 0) is 0 Å². The van der Waals surface area contributed by atoms with Crippen molar-refractivity contribution in [1.29, 1.82) is 0 Å². The summed E-state index contributed by atoms with van der Waals surface area (Å²) in [6.45, 7) is 5.56. The Labute approximate surface area is 144 Å². The van der Waals surface area contributed by atoms with E-state index in [1.807, 2.05) is 6.07 Å². The Bertz CT molecular complexity index is 491. The largest absolute Gasteiger partial charge is 0.505 e. The van der Waals surface area contributed by atoms with Crippen molar-refractivity contribution >= 4 is 24.8 Å². The molecule has 2 fully saturated rings. The molecule has 0 radical (unpaired) electrons. The van der Waals surface area contributed by atoms with E-state index < -0.39 is 5.82 Å². The molecule has 3 rings (SSSR count). The lowest BCUT2D eigenvalue weighted by molar-refractivity contribution is 0.157. The molecule has 0 aromatic heterocycles. The predicted molar refractivity (Wildman–Crippen MR) is 91.8 cm³/mol. The normalized spacial score (nSPS) is 19.9. The lowest BCUT2D eigenvalue weighted by atomic mass is 9.96. The van der Waals surface area contributed by atoms with Gasteiger partial charge < -0.3 is 10.4 Å². The smallest absolute Gasteiger partial charge is 0.168 e. The summed E-state index contributed by atoms with van der Waals surface area (Å²) < 4.78 is 14.0. The molecule has 126 valence electrons. The van der Waals surface area contributed by atoms with Crippen LogP contribution in [0.1, 0.15) is 36.4 Å². The minimum Gasteiger partial charge on any atom is -0.505 e.